The molecule has 0 aliphatic heterocycles. The molecule has 4 nitrogen and oxygen atoms in total. The summed E-state index contributed by atoms with van der Waals surface area (Å²) >= 11 is 0. The summed E-state index contributed by atoms with van der Waals surface area (Å²) < 4.78 is 35.1. The van der Waals surface area contributed by atoms with E-state index in [-0.39, 0.29) is 6.29 Å². The van der Waals surface area contributed by atoms with E-state index in [0.29, 0.717) is 0 Å². The van der Waals surface area contributed by atoms with E-state index in [0.717, 1.165) is 0 Å². The number of aliphatic hydroxyl groups is 3. The Kier molecular flexibility index (Phi) is 4.31. The van der Waals surface area contributed by atoms with Crippen LogP contribution in [0.25, 0.3) is 0 Å². The minimum absolute atomic E-state index is 0.150. The Morgan fingerprint density at radius 1 is 1.23 bits per heavy atom. The first kappa shape index (κ1) is 12.3. The number of aldehydes is 1. The summed E-state index contributed by atoms with van der Waals surface area (Å²) in [6.45, 7) is 0. The number of carbonyl (C=O) groups is 1. The number of carbonyl (C=O) groups excluding carboxylic acids is 1. The molecule has 0 amide bonds. The van der Waals surface area contributed by atoms with Crippen LogP contribution in [0.4, 0.5) is 13.2 Å². The van der Waals surface area contributed by atoms with Crippen LogP contribution in [-0.4, -0.2) is 46.1 Å². The van der Waals surface area contributed by atoms with Crippen LogP contribution in [0.3, 0.4) is 0 Å². The van der Waals surface area contributed by atoms with Gasteiger partial charge in [0.05, 0.1) is 6.10 Å². The van der Waals surface area contributed by atoms with Gasteiger partial charge in [-0.2, -0.15) is 13.2 Å². The fraction of sp³-hybridized carbons (Fsp3) is 0.833. The monoisotopic (exact) mass is 202 g/mol. The molecule has 0 aromatic carbocycles. The molecule has 0 aliphatic rings. The van der Waals surface area contributed by atoms with Gasteiger partial charge >= 0.3 is 6.18 Å². The van der Waals surface area contributed by atoms with E-state index >= 15 is 0 Å². The first-order chi connectivity index (χ1) is 5.80. The van der Waals surface area contributed by atoms with Crippen molar-refractivity contribution in [3.8, 4) is 0 Å². The predicted octanol–water partition coefficient (Wildman–Crippen LogP) is -0.780. The maximum absolute atomic E-state index is 11.7. The second-order valence-electron chi connectivity index (χ2n) is 2.45. The van der Waals surface area contributed by atoms with Gasteiger partial charge in [0.2, 0.25) is 0 Å². The first-order valence-corrected chi connectivity index (χ1v) is 3.35. The Bertz CT molecular complexity index is 170. The van der Waals surface area contributed by atoms with E-state index in [2.05, 4.69) is 0 Å². The highest BCUT2D eigenvalue weighted by atomic mass is 19.4. The lowest BCUT2D eigenvalue weighted by molar-refractivity contribution is -0.241. The van der Waals surface area contributed by atoms with E-state index < -0.39 is 30.9 Å². The summed E-state index contributed by atoms with van der Waals surface area (Å²) in [5.41, 5.74) is 0. The summed E-state index contributed by atoms with van der Waals surface area (Å²) in [4.78, 5) is 9.76. The average Bonchev–Trinajstić information content (AvgIpc) is 2.00. The zero-order chi connectivity index (χ0) is 10.6. The van der Waals surface area contributed by atoms with E-state index in [1.165, 1.54) is 0 Å². The van der Waals surface area contributed by atoms with Crippen molar-refractivity contribution >= 4 is 6.29 Å². The van der Waals surface area contributed by atoms with Crippen LogP contribution >= 0.6 is 0 Å². The normalized spacial score (nSPS) is 19.2. The lowest BCUT2D eigenvalue weighted by Gasteiger charge is -2.23. The third-order valence-electron chi connectivity index (χ3n) is 1.39. The Morgan fingerprint density at radius 2 is 1.69 bits per heavy atom. The molecule has 0 bridgehead atoms. The second-order valence-corrected chi connectivity index (χ2v) is 2.45. The molecule has 0 aromatic rings. The number of hydrogen-bond donors (Lipinski definition) is 3. The van der Waals surface area contributed by atoms with Gasteiger partial charge in [0.1, 0.15) is 12.4 Å². The molecule has 0 saturated carbocycles. The van der Waals surface area contributed by atoms with Crippen LogP contribution in [-0.2, 0) is 4.79 Å². The van der Waals surface area contributed by atoms with Gasteiger partial charge in [0.15, 0.2) is 6.10 Å². The van der Waals surface area contributed by atoms with Gasteiger partial charge in [-0.1, -0.05) is 0 Å². The van der Waals surface area contributed by atoms with E-state index in [9.17, 15) is 18.0 Å². The van der Waals surface area contributed by atoms with Crippen LogP contribution in [0, 0.1) is 0 Å². The molecule has 7 heteroatoms. The fourth-order valence-corrected chi connectivity index (χ4v) is 0.642. The maximum Gasteiger partial charge on any atom is 0.417 e. The number of hydrogen-bond acceptors (Lipinski definition) is 4. The van der Waals surface area contributed by atoms with Crippen molar-refractivity contribution in [1.82, 2.24) is 0 Å². The average molecular weight is 202 g/mol. The molecule has 0 saturated heterocycles. The van der Waals surface area contributed by atoms with Crippen LogP contribution < -0.4 is 0 Å². The van der Waals surface area contributed by atoms with Gasteiger partial charge in [-0.25, -0.2) is 0 Å². The molecular weight excluding hydrogens is 193 g/mol. The van der Waals surface area contributed by atoms with Crippen molar-refractivity contribution in [2.24, 2.45) is 0 Å². The molecule has 0 heterocycles. The molecule has 0 aromatic heterocycles. The highest BCUT2D eigenvalue weighted by molar-refractivity contribution is 5.50. The quantitative estimate of drug-likeness (QED) is 0.522. The number of rotatable bonds is 4. The molecule has 3 unspecified atom stereocenters. The Balaban J connectivity index is 4.24. The predicted molar refractivity (Wildman–Crippen MR) is 34.8 cm³/mol. The molecule has 0 aliphatic carbocycles. The van der Waals surface area contributed by atoms with Crippen molar-refractivity contribution in [1.29, 1.82) is 0 Å². The minimum Gasteiger partial charge on any atom is -0.390 e. The van der Waals surface area contributed by atoms with Gasteiger partial charge in [0.25, 0.3) is 0 Å². The Morgan fingerprint density at radius 3 is 2.00 bits per heavy atom. The summed E-state index contributed by atoms with van der Waals surface area (Å²) in [6, 6.07) is 0. The van der Waals surface area contributed by atoms with Crippen molar-refractivity contribution in [3.05, 3.63) is 0 Å². The number of halogens is 3. The smallest absolute Gasteiger partial charge is 0.390 e. The van der Waals surface area contributed by atoms with Gasteiger partial charge in [0, 0.05) is 6.42 Å². The van der Waals surface area contributed by atoms with E-state index in [1.807, 2.05) is 0 Å². The zero-order valence-corrected chi connectivity index (χ0v) is 6.40. The maximum atomic E-state index is 11.7. The van der Waals surface area contributed by atoms with Crippen molar-refractivity contribution in [2.75, 3.05) is 0 Å². The Hall–Kier alpha value is -0.660. The summed E-state index contributed by atoms with van der Waals surface area (Å²) in [6.07, 6.45) is -12.9. The SMILES string of the molecule is O=CCC(O)C(O)C(O)C(F)(F)F. The topological polar surface area (TPSA) is 77.8 Å². The lowest BCUT2D eigenvalue weighted by atomic mass is 10.1. The molecule has 13 heavy (non-hydrogen) atoms. The van der Waals surface area contributed by atoms with Crippen molar-refractivity contribution < 1.29 is 33.3 Å². The molecule has 0 rings (SSSR count). The molecule has 3 atom stereocenters. The van der Waals surface area contributed by atoms with E-state index in [4.69, 9.17) is 15.3 Å². The summed E-state index contributed by atoms with van der Waals surface area (Å²) in [5, 5.41) is 25.8. The minimum atomic E-state index is -5.01. The van der Waals surface area contributed by atoms with Crippen LogP contribution in [0.5, 0.6) is 0 Å². The molecule has 0 fully saturated rings. The summed E-state index contributed by atoms with van der Waals surface area (Å²) in [5.74, 6) is 0. The molecule has 0 spiro atoms. The molecule has 0 radical (unpaired) electrons. The fourth-order valence-electron chi connectivity index (χ4n) is 0.642. The third-order valence-corrected chi connectivity index (χ3v) is 1.39. The first-order valence-electron chi connectivity index (χ1n) is 3.35. The standard InChI is InChI=1S/C6H9F3O4/c7-6(8,9)5(13)4(12)3(11)1-2-10/h2-5,11-13H,1H2. The zero-order valence-electron chi connectivity index (χ0n) is 6.40. The van der Waals surface area contributed by atoms with Crippen LogP contribution in [0.1, 0.15) is 6.42 Å². The number of alkyl halides is 3. The Labute approximate surface area is 71.6 Å². The molecule has 3 N–H and O–H groups in total. The van der Waals surface area contributed by atoms with Gasteiger partial charge in [-0.3, -0.25) is 0 Å². The van der Waals surface area contributed by atoms with Crippen molar-refractivity contribution in [3.63, 3.8) is 0 Å². The van der Waals surface area contributed by atoms with Gasteiger partial charge in [-0.15, -0.1) is 0 Å². The van der Waals surface area contributed by atoms with E-state index in [1.54, 1.807) is 0 Å². The van der Waals surface area contributed by atoms with Gasteiger partial charge < -0.3 is 20.1 Å². The van der Waals surface area contributed by atoms with Crippen molar-refractivity contribution in [2.45, 2.75) is 30.9 Å². The third kappa shape index (κ3) is 3.71. The van der Waals surface area contributed by atoms with Crippen LogP contribution in [0.2, 0.25) is 0 Å². The highest BCUT2D eigenvalue weighted by Gasteiger charge is 2.45. The largest absolute Gasteiger partial charge is 0.417 e. The number of aliphatic hydroxyl groups excluding tert-OH is 3. The summed E-state index contributed by atoms with van der Waals surface area (Å²) in [7, 11) is 0. The van der Waals surface area contributed by atoms with Gasteiger partial charge in [-0.05, 0) is 0 Å². The molecule has 78 valence electrons. The van der Waals surface area contributed by atoms with Crippen LogP contribution in [0.15, 0.2) is 0 Å². The highest BCUT2D eigenvalue weighted by Crippen LogP contribution is 2.24. The second kappa shape index (κ2) is 4.54. The lowest BCUT2D eigenvalue weighted by Crippen LogP contribution is -2.46. The molecular formula is C6H9F3O4.